The van der Waals surface area contributed by atoms with Crippen molar-refractivity contribution >= 4 is 10.9 Å². The van der Waals surface area contributed by atoms with Crippen molar-refractivity contribution in [2.24, 2.45) is 0 Å². The van der Waals surface area contributed by atoms with Crippen molar-refractivity contribution in [2.75, 3.05) is 28.4 Å². The molecule has 11 nitrogen and oxygen atoms in total. The van der Waals surface area contributed by atoms with E-state index in [4.69, 9.17) is 23.7 Å². The molecular formula is C28H24F3N5O6. The number of methoxy groups -OCH3 is 4. The molecule has 0 spiro atoms. The predicted octanol–water partition coefficient (Wildman–Crippen LogP) is 4.80. The summed E-state index contributed by atoms with van der Waals surface area (Å²) in [7, 11) is 5.88. The number of ether oxygens (including phenoxy) is 5. The van der Waals surface area contributed by atoms with Crippen LogP contribution in [0.3, 0.4) is 0 Å². The van der Waals surface area contributed by atoms with E-state index < -0.39 is 17.3 Å². The van der Waals surface area contributed by atoms with Crippen LogP contribution in [0.4, 0.5) is 13.2 Å². The molecule has 0 aliphatic heterocycles. The fourth-order valence-corrected chi connectivity index (χ4v) is 4.22. The van der Waals surface area contributed by atoms with E-state index in [1.54, 1.807) is 18.2 Å². The van der Waals surface area contributed by atoms with Gasteiger partial charge in [0.1, 0.15) is 18.1 Å². The van der Waals surface area contributed by atoms with Gasteiger partial charge in [0.2, 0.25) is 5.75 Å². The summed E-state index contributed by atoms with van der Waals surface area (Å²) < 4.78 is 67.5. The van der Waals surface area contributed by atoms with Gasteiger partial charge in [0, 0.05) is 11.6 Å². The number of alkyl halides is 3. The highest BCUT2D eigenvalue weighted by Crippen LogP contribution is 2.41. The normalized spacial score (nSPS) is 11.4. The molecule has 0 saturated heterocycles. The molecule has 2 aromatic heterocycles. The molecule has 0 aliphatic rings. The number of hydrogen-bond acceptors (Lipinski definition) is 9. The van der Waals surface area contributed by atoms with Crippen molar-refractivity contribution in [3.8, 4) is 45.8 Å². The number of nitrogens with zero attached hydrogens (tertiary/aromatic N) is 4. The second-order valence-corrected chi connectivity index (χ2v) is 8.84. The average Bonchev–Trinajstić information content (AvgIpc) is 3.47. The Labute approximate surface area is 236 Å². The second-order valence-electron chi connectivity index (χ2n) is 8.84. The van der Waals surface area contributed by atoms with Gasteiger partial charge in [-0.1, -0.05) is 5.21 Å². The predicted molar refractivity (Wildman–Crippen MR) is 145 cm³/mol. The maximum atomic E-state index is 13.0. The van der Waals surface area contributed by atoms with Crippen molar-refractivity contribution < 1.29 is 36.9 Å². The molecule has 218 valence electrons. The van der Waals surface area contributed by atoms with Gasteiger partial charge in [-0.2, -0.15) is 13.2 Å². The van der Waals surface area contributed by atoms with Gasteiger partial charge in [-0.05, 0) is 42.5 Å². The first-order valence-electron chi connectivity index (χ1n) is 12.3. The third kappa shape index (κ3) is 5.50. The summed E-state index contributed by atoms with van der Waals surface area (Å²) in [5.74, 6) is 1.98. The summed E-state index contributed by atoms with van der Waals surface area (Å²) in [6, 6.07) is 10.9. The van der Waals surface area contributed by atoms with E-state index in [1.165, 1.54) is 57.5 Å². The number of aromatic nitrogens is 5. The Bertz CT molecular complexity index is 1780. The molecule has 0 radical (unpaired) electrons. The van der Waals surface area contributed by atoms with E-state index in [9.17, 15) is 18.0 Å². The minimum absolute atomic E-state index is 0.0502. The number of hydrogen-bond donors (Lipinski definition) is 1. The number of halogens is 3. The van der Waals surface area contributed by atoms with Crippen molar-refractivity contribution in [3.05, 3.63) is 76.3 Å². The van der Waals surface area contributed by atoms with Crippen LogP contribution in [0.2, 0.25) is 0 Å². The van der Waals surface area contributed by atoms with Crippen LogP contribution in [-0.4, -0.2) is 53.4 Å². The van der Waals surface area contributed by atoms with Gasteiger partial charge in [0.15, 0.2) is 23.0 Å². The van der Waals surface area contributed by atoms with Gasteiger partial charge in [-0.3, -0.25) is 4.79 Å². The molecule has 0 bridgehead atoms. The summed E-state index contributed by atoms with van der Waals surface area (Å²) in [6.45, 7) is -0.0502. The van der Waals surface area contributed by atoms with E-state index in [2.05, 4.69) is 20.3 Å². The first-order chi connectivity index (χ1) is 20.1. The maximum absolute atomic E-state index is 13.0. The van der Waals surface area contributed by atoms with Crippen LogP contribution >= 0.6 is 0 Å². The lowest BCUT2D eigenvalue weighted by molar-refractivity contribution is -0.137. The Morgan fingerprint density at radius 1 is 0.857 bits per heavy atom. The van der Waals surface area contributed by atoms with E-state index in [0.29, 0.717) is 39.7 Å². The first kappa shape index (κ1) is 28.3. The van der Waals surface area contributed by atoms with E-state index in [0.717, 1.165) is 12.1 Å². The third-order valence-electron chi connectivity index (χ3n) is 6.30. The Kier molecular flexibility index (Phi) is 7.61. The number of rotatable bonds is 9. The molecule has 5 rings (SSSR count). The van der Waals surface area contributed by atoms with Crippen LogP contribution in [0.15, 0.2) is 59.5 Å². The molecule has 0 atom stereocenters. The van der Waals surface area contributed by atoms with Crippen LogP contribution < -0.4 is 29.2 Å². The highest BCUT2D eigenvalue weighted by Gasteiger charge is 2.30. The Morgan fingerprint density at radius 3 is 2.12 bits per heavy atom. The molecule has 0 unspecified atom stereocenters. The summed E-state index contributed by atoms with van der Waals surface area (Å²) in [4.78, 5) is 20.4. The number of H-pyrrole nitrogens is 1. The summed E-state index contributed by atoms with van der Waals surface area (Å²) in [5, 5.41) is 8.27. The Hall–Kier alpha value is -5.27. The molecular weight excluding hydrogens is 559 g/mol. The summed E-state index contributed by atoms with van der Waals surface area (Å²) in [5.41, 5.74) is 0.461. The molecule has 2 heterocycles. The minimum atomic E-state index is -4.44. The quantitative estimate of drug-likeness (QED) is 0.261. The minimum Gasteiger partial charge on any atom is -0.493 e. The number of benzene rings is 3. The topological polar surface area (TPSA) is 123 Å². The van der Waals surface area contributed by atoms with Gasteiger partial charge >= 0.3 is 6.18 Å². The number of fused-ring (bicyclic) bond motifs is 1. The molecule has 0 saturated carbocycles. The third-order valence-corrected chi connectivity index (χ3v) is 6.30. The number of nitrogens with one attached hydrogen (secondary N) is 1. The van der Waals surface area contributed by atoms with Crippen molar-refractivity contribution in [3.63, 3.8) is 0 Å². The summed E-state index contributed by atoms with van der Waals surface area (Å²) in [6.07, 6.45) is -2.91. The van der Waals surface area contributed by atoms with Gasteiger partial charge in [0.05, 0.1) is 56.8 Å². The zero-order chi connectivity index (χ0) is 30.0. The highest BCUT2D eigenvalue weighted by molar-refractivity contribution is 5.83. The van der Waals surface area contributed by atoms with Gasteiger partial charge in [0.25, 0.3) is 5.56 Å². The van der Waals surface area contributed by atoms with Crippen LogP contribution in [0, 0.1) is 0 Å². The standard InChI is InChI=1S/C28H24F3N5O6/c1-38-21-11-19-20(32-26(33-27(19)37)15-9-23(39-2)25(41-4)24(10-15)40-3)12-22(21)42-14-17-13-36(35-34-17)18-7-5-16(6-8-18)28(29,30)31/h5-13H,14H2,1-4H3,(H,32,33,37). The SMILES string of the molecule is COc1cc2c(=O)[nH]c(-c3cc(OC)c(OC)c(OC)c3)nc2cc1OCc1cn(-c2ccc(C(F)(F)F)cc2)nn1. The molecule has 5 aromatic rings. The second kappa shape index (κ2) is 11.3. The number of aromatic amines is 1. The largest absolute Gasteiger partial charge is 0.493 e. The molecule has 0 amide bonds. The highest BCUT2D eigenvalue weighted by atomic mass is 19.4. The van der Waals surface area contributed by atoms with Crippen LogP contribution in [-0.2, 0) is 12.8 Å². The lowest BCUT2D eigenvalue weighted by Gasteiger charge is -2.14. The van der Waals surface area contributed by atoms with E-state index in [-0.39, 0.29) is 29.3 Å². The summed E-state index contributed by atoms with van der Waals surface area (Å²) >= 11 is 0. The molecule has 3 aromatic carbocycles. The van der Waals surface area contributed by atoms with Gasteiger partial charge in [-0.15, -0.1) is 5.10 Å². The molecule has 0 fully saturated rings. The Morgan fingerprint density at radius 2 is 1.52 bits per heavy atom. The molecule has 14 heteroatoms. The Balaban J connectivity index is 1.44. The first-order valence-corrected chi connectivity index (χ1v) is 12.3. The van der Waals surface area contributed by atoms with Crippen molar-refractivity contribution in [1.82, 2.24) is 25.0 Å². The zero-order valence-electron chi connectivity index (χ0n) is 22.8. The van der Waals surface area contributed by atoms with E-state index in [1.807, 2.05) is 0 Å². The van der Waals surface area contributed by atoms with Gasteiger partial charge < -0.3 is 28.7 Å². The van der Waals surface area contributed by atoms with Crippen LogP contribution in [0.5, 0.6) is 28.7 Å². The van der Waals surface area contributed by atoms with Crippen LogP contribution in [0.25, 0.3) is 28.0 Å². The lowest BCUT2D eigenvalue weighted by atomic mass is 10.1. The van der Waals surface area contributed by atoms with Crippen LogP contribution in [0.1, 0.15) is 11.3 Å². The molecule has 1 N–H and O–H groups in total. The maximum Gasteiger partial charge on any atom is 0.416 e. The van der Waals surface area contributed by atoms with Crippen molar-refractivity contribution in [2.45, 2.75) is 12.8 Å². The molecule has 42 heavy (non-hydrogen) atoms. The smallest absolute Gasteiger partial charge is 0.416 e. The average molecular weight is 584 g/mol. The van der Waals surface area contributed by atoms with Gasteiger partial charge in [-0.25, -0.2) is 9.67 Å². The zero-order valence-corrected chi connectivity index (χ0v) is 22.8. The fourth-order valence-electron chi connectivity index (χ4n) is 4.22. The fraction of sp³-hybridized carbons (Fsp3) is 0.214. The lowest BCUT2D eigenvalue weighted by Crippen LogP contribution is -2.10. The monoisotopic (exact) mass is 583 g/mol. The molecule has 0 aliphatic carbocycles. The van der Waals surface area contributed by atoms with E-state index >= 15 is 0 Å². The van der Waals surface area contributed by atoms with Crippen molar-refractivity contribution in [1.29, 1.82) is 0 Å².